The topological polar surface area (TPSA) is 65.8 Å². The predicted molar refractivity (Wildman–Crippen MR) is 88.6 cm³/mol. The number of aromatic nitrogens is 1. The van der Waals surface area contributed by atoms with Gasteiger partial charge >= 0.3 is 0 Å². The number of nitriles is 1. The molecule has 0 bridgehead atoms. The largest absolute Gasteiger partial charge is 0.320 e. The third-order valence-electron chi connectivity index (χ3n) is 3.25. The SMILES string of the molecule is N#Cc1ccc(Br)c2cccc(NC(=O)c3ccccn3)c12. The number of amides is 1. The number of hydrogen-bond acceptors (Lipinski definition) is 3. The third-order valence-corrected chi connectivity index (χ3v) is 3.95. The van der Waals surface area contributed by atoms with Crippen LogP contribution in [0.5, 0.6) is 0 Å². The van der Waals surface area contributed by atoms with Crippen molar-refractivity contribution < 1.29 is 4.79 Å². The Balaban J connectivity index is 2.10. The maximum atomic E-state index is 12.3. The fourth-order valence-corrected chi connectivity index (χ4v) is 2.71. The van der Waals surface area contributed by atoms with Crippen molar-refractivity contribution in [3.63, 3.8) is 0 Å². The number of halogens is 1. The van der Waals surface area contributed by atoms with E-state index in [4.69, 9.17) is 0 Å². The van der Waals surface area contributed by atoms with Crippen LogP contribution < -0.4 is 5.32 Å². The standard InChI is InChI=1S/C17H10BrN3O/c18-13-8-7-11(10-19)16-12(13)4-3-6-14(16)21-17(22)15-5-1-2-9-20-15/h1-9H,(H,21,22). The number of nitrogens with zero attached hydrogens (tertiary/aromatic N) is 2. The molecule has 0 fully saturated rings. The molecule has 3 aromatic rings. The number of benzene rings is 2. The van der Waals surface area contributed by atoms with E-state index in [0.717, 1.165) is 9.86 Å². The van der Waals surface area contributed by atoms with Gasteiger partial charge in [0.05, 0.1) is 17.3 Å². The molecule has 0 radical (unpaired) electrons. The lowest BCUT2D eigenvalue weighted by molar-refractivity contribution is 0.102. The Bertz CT molecular complexity index is 901. The monoisotopic (exact) mass is 351 g/mol. The van der Waals surface area contributed by atoms with Crippen LogP contribution in [0.25, 0.3) is 10.8 Å². The molecule has 0 aliphatic heterocycles. The molecule has 0 unspecified atom stereocenters. The molecular weight excluding hydrogens is 342 g/mol. The van der Waals surface area contributed by atoms with Gasteiger partial charge in [0.2, 0.25) is 0 Å². The van der Waals surface area contributed by atoms with E-state index in [9.17, 15) is 10.1 Å². The smallest absolute Gasteiger partial charge is 0.274 e. The molecule has 1 aromatic heterocycles. The zero-order valence-corrected chi connectivity index (χ0v) is 13.0. The lowest BCUT2D eigenvalue weighted by Gasteiger charge is -2.10. The summed E-state index contributed by atoms with van der Waals surface area (Å²) in [5, 5.41) is 13.7. The lowest BCUT2D eigenvalue weighted by Crippen LogP contribution is -2.13. The first kappa shape index (κ1) is 14.2. The van der Waals surface area contributed by atoms with E-state index in [1.807, 2.05) is 18.2 Å². The second-order valence-electron chi connectivity index (χ2n) is 4.60. The van der Waals surface area contributed by atoms with Crippen LogP contribution in [0.4, 0.5) is 5.69 Å². The van der Waals surface area contributed by atoms with Gasteiger partial charge in [-0.2, -0.15) is 5.26 Å². The van der Waals surface area contributed by atoms with E-state index in [-0.39, 0.29) is 5.91 Å². The first-order valence-electron chi connectivity index (χ1n) is 6.54. The first-order valence-corrected chi connectivity index (χ1v) is 7.33. The summed E-state index contributed by atoms with van der Waals surface area (Å²) in [7, 11) is 0. The van der Waals surface area contributed by atoms with E-state index in [1.54, 1.807) is 36.5 Å². The molecule has 0 saturated carbocycles. The summed E-state index contributed by atoms with van der Waals surface area (Å²) in [6.07, 6.45) is 1.56. The zero-order chi connectivity index (χ0) is 15.5. The predicted octanol–water partition coefficient (Wildman–Crippen LogP) is 4.12. The van der Waals surface area contributed by atoms with Crippen LogP contribution in [0.1, 0.15) is 16.1 Å². The van der Waals surface area contributed by atoms with Crippen LogP contribution in [-0.2, 0) is 0 Å². The van der Waals surface area contributed by atoms with Crippen molar-refractivity contribution >= 4 is 38.3 Å². The minimum atomic E-state index is -0.308. The van der Waals surface area contributed by atoms with E-state index >= 15 is 0 Å². The van der Waals surface area contributed by atoms with Crippen LogP contribution in [-0.4, -0.2) is 10.9 Å². The number of hydrogen-bond donors (Lipinski definition) is 1. The molecular formula is C17H10BrN3O. The molecule has 3 rings (SSSR count). The summed E-state index contributed by atoms with van der Waals surface area (Å²) in [6, 6.07) is 16.4. The summed E-state index contributed by atoms with van der Waals surface area (Å²) >= 11 is 3.47. The van der Waals surface area contributed by atoms with Crippen molar-refractivity contribution in [3.05, 3.63) is 70.5 Å². The van der Waals surface area contributed by atoms with Gasteiger partial charge in [-0.3, -0.25) is 9.78 Å². The first-order chi connectivity index (χ1) is 10.7. The molecule has 0 aliphatic rings. The number of carbonyl (C=O) groups is 1. The van der Waals surface area contributed by atoms with Crippen LogP contribution in [0.2, 0.25) is 0 Å². The molecule has 2 aromatic carbocycles. The highest BCUT2D eigenvalue weighted by Crippen LogP contribution is 2.32. The average Bonchev–Trinajstić information content (AvgIpc) is 2.56. The van der Waals surface area contributed by atoms with E-state index in [2.05, 4.69) is 32.3 Å². The van der Waals surface area contributed by atoms with Crippen molar-refractivity contribution in [3.8, 4) is 6.07 Å². The number of pyridine rings is 1. The van der Waals surface area contributed by atoms with Gasteiger partial charge in [0.15, 0.2) is 0 Å². The summed E-state index contributed by atoms with van der Waals surface area (Å²) in [5.41, 5.74) is 1.43. The Morgan fingerprint density at radius 2 is 2.00 bits per heavy atom. The number of carbonyl (C=O) groups excluding carboxylic acids is 1. The van der Waals surface area contributed by atoms with Crippen molar-refractivity contribution in [2.45, 2.75) is 0 Å². The van der Waals surface area contributed by atoms with Crippen LogP contribution in [0.15, 0.2) is 59.2 Å². The van der Waals surface area contributed by atoms with Gasteiger partial charge in [-0.25, -0.2) is 0 Å². The van der Waals surface area contributed by atoms with Crippen LogP contribution in [0, 0.1) is 11.3 Å². The maximum Gasteiger partial charge on any atom is 0.274 e. The Hall–Kier alpha value is -2.71. The number of fused-ring (bicyclic) bond motifs is 1. The van der Waals surface area contributed by atoms with Gasteiger partial charge in [-0.05, 0) is 35.7 Å². The fourth-order valence-electron chi connectivity index (χ4n) is 2.25. The van der Waals surface area contributed by atoms with E-state index in [1.165, 1.54) is 0 Å². The molecule has 1 N–H and O–H groups in total. The molecule has 1 amide bonds. The maximum absolute atomic E-state index is 12.3. The molecule has 0 spiro atoms. The zero-order valence-electron chi connectivity index (χ0n) is 11.4. The van der Waals surface area contributed by atoms with E-state index < -0.39 is 0 Å². The summed E-state index contributed by atoms with van der Waals surface area (Å²) in [4.78, 5) is 16.3. The van der Waals surface area contributed by atoms with Crippen molar-refractivity contribution in [1.82, 2.24) is 4.98 Å². The normalized spacial score (nSPS) is 10.2. The van der Waals surface area contributed by atoms with Gasteiger partial charge in [0.1, 0.15) is 5.69 Å². The summed E-state index contributed by atoms with van der Waals surface area (Å²) in [5.74, 6) is -0.308. The molecule has 0 aliphatic carbocycles. The molecule has 0 saturated heterocycles. The minimum Gasteiger partial charge on any atom is -0.320 e. The Morgan fingerprint density at radius 1 is 1.14 bits per heavy atom. The van der Waals surface area contributed by atoms with Crippen molar-refractivity contribution in [2.24, 2.45) is 0 Å². The summed E-state index contributed by atoms with van der Waals surface area (Å²) in [6.45, 7) is 0. The molecule has 1 heterocycles. The lowest BCUT2D eigenvalue weighted by atomic mass is 10.0. The third kappa shape index (κ3) is 2.57. The van der Waals surface area contributed by atoms with Gasteiger partial charge in [-0.15, -0.1) is 0 Å². The molecule has 0 atom stereocenters. The Morgan fingerprint density at radius 3 is 2.73 bits per heavy atom. The minimum absolute atomic E-state index is 0.308. The van der Waals surface area contributed by atoms with Gasteiger partial charge in [-0.1, -0.05) is 34.1 Å². The van der Waals surface area contributed by atoms with Crippen molar-refractivity contribution in [1.29, 1.82) is 5.26 Å². The second kappa shape index (κ2) is 5.96. The number of rotatable bonds is 2. The highest BCUT2D eigenvalue weighted by Gasteiger charge is 2.12. The van der Waals surface area contributed by atoms with E-state index in [0.29, 0.717) is 22.3 Å². The molecule has 106 valence electrons. The summed E-state index contributed by atoms with van der Waals surface area (Å²) < 4.78 is 0.871. The molecule has 22 heavy (non-hydrogen) atoms. The average molecular weight is 352 g/mol. The second-order valence-corrected chi connectivity index (χ2v) is 5.46. The van der Waals surface area contributed by atoms with Crippen LogP contribution >= 0.6 is 15.9 Å². The molecule has 5 heteroatoms. The van der Waals surface area contributed by atoms with Gasteiger partial charge < -0.3 is 5.32 Å². The van der Waals surface area contributed by atoms with Gasteiger partial charge in [0, 0.05) is 16.1 Å². The molecule has 4 nitrogen and oxygen atoms in total. The van der Waals surface area contributed by atoms with Gasteiger partial charge in [0.25, 0.3) is 5.91 Å². The Kier molecular flexibility index (Phi) is 3.86. The van der Waals surface area contributed by atoms with Crippen LogP contribution in [0.3, 0.4) is 0 Å². The highest BCUT2D eigenvalue weighted by atomic mass is 79.9. The fraction of sp³-hybridized carbons (Fsp3) is 0. The number of nitrogens with one attached hydrogen (secondary N) is 1. The Labute approximate surface area is 135 Å². The van der Waals surface area contributed by atoms with Crippen molar-refractivity contribution in [2.75, 3.05) is 5.32 Å². The highest BCUT2D eigenvalue weighted by molar-refractivity contribution is 9.10. The number of anilines is 1. The quantitative estimate of drug-likeness (QED) is 0.754.